The molecule has 1 amide bonds. The number of nitrogens with zero attached hydrogens (tertiary/aromatic N) is 2. The third-order valence-corrected chi connectivity index (χ3v) is 2.77. The molecule has 4 heteroatoms. The van der Waals surface area contributed by atoms with Gasteiger partial charge < -0.3 is 9.64 Å². The number of benzene rings is 1. The van der Waals surface area contributed by atoms with Crippen molar-refractivity contribution in [2.75, 3.05) is 20.7 Å². The number of aryl methyl sites for hydroxylation is 1. The van der Waals surface area contributed by atoms with Crippen molar-refractivity contribution in [3.8, 4) is 11.8 Å². The average Bonchev–Trinajstić information content (AvgIpc) is 2.42. The second-order valence-corrected chi connectivity index (χ2v) is 4.07. The Kier molecular flexibility index (Phi) is 5.72. The number of carbonyl (C=O) groups excluding carboxylic acids is 1. The van der Waals surface area contributed by atoms with Crippen molar-refractivity contribution >= 4 is 5.91 Å². The van der Waals surface area contributed by atoms with Crippen LogP contribution in [0.25, 0.3) is 0 Å². The van der Waals surface area contributed by atoms with Crippen molar-refractivity contribution in [2.24, 2.45) is 0 Å². The van der Waals surface area contributed by atoms with Crippen molar-refractivity contribution in [3.63, 3.8) is 0 Å². The Morgan fingerprint density at radius 2 is 2.06 bits per heavy atom. The molecule has 1 rings (SSSR count). The third kappa shape index (κ3) is 4.46. The van der Waals surface area contributed by atoms with Crippen LogP contribution < -0.4 is 4.74 Å². The maximum absolute atomic E-state index is 11.7. The topological polar surface area (TPSA) is 53.3 Å². The van der Waals surface area contributed by atoms with Gasteiger partial charge in [0.1, 0.15) is 5.75 Å². The summed E-state index contributed by atoms with van der Waals surface area (Å²) in [6.45, 7) is 0.498. The van der Waals surface area contributed by atoms with Gasteiger partial charge in [-0.3, -0.25) is 4.79 Å². The maximum Gasteiger partial charge on any atom is 0.222 e. The Bertz CT molecular complexity index is 420. The molecule has 0 aromatic heterocycles. The van der Waals surface area contributed by atoms with Crippen LogP contribution in [-0.4, -0.2) is 31.5 Å². The quantitative estimate of drug-likeness (QED) is 0.771. The molecule has 1 aromatic rings. The number of rotatable bonds is 6. The highest BCUT2D eigenvalue weighted by molar-refractivity contribution is 5.76. The van der Waals surface area contributed by atoms with E-state index in [4.69, 9.17) is 10.00 Å². The van der Waals surface area contributed by atoms with Crippen molar-refractivity contribution < 1.29 is 9.53 Å². The van der Waals surface area contributed by atoms with Crippen LogP contribution in [0.2, 0.25) is 0 Å². The lowest BCUT2D eigenvalue weighted by Gasteiger charge is -2.15. The summed E-state index contributed by atoms with van der Waals surface area (Å²) in [5, 5.41) is 8.45. The molecule has 96 valence electrons. The van der Waals surface area contributed by atoms with Gasteiger partial charge in [-0.25, -0.2) is 0 Å². The van der Waals surface area contributed by atoms with Crippen LogP contribution in [0.3, 0.4) is 0 Å². The van der Waals surface area contributed by atoms with Crippen LogP contribution in [0.4, 0.5) is 0 Å². The minimum Gasteiger partial charge on any atom is -0.497 e. The molecule has 0 radical (unpaired) electrons. The summed E-state index contributed by atoms with van der Waals surface area (Å²) in [7, 11) is 3.36. The van der Waals surface area contributed by atoms with E-state index in [0.717, 1.165) is 11.3 Å². The van der Waals surface area contributed by atoms with Gasteiger partial charge in [-0.15, -0.1) is 0 Å². The lowest BCUT2D eigenvalue weighted by Crippen LogP contribution is -2.27. The van der Waals surface area contributed by atoms with E-state index in [9.17, 15) is 4.79 Å². The highest BCUT2D eigenvalue weighted by atomic mass is 16.5. The van der Waals surface area contributed by atoms with Crippen molar-refractivity contribution in [1.82, 2.24) is 4.90 Å². The van der Waals surface area contributed by atoms with E-state index in [1.807, 2.05) is 30.3 Å². The van der Waals surface area contributed by atoms with Crippen LogP contribution in [0, 0.1) is 11.3 Å². The summed E-state index contributed by atoms with van der Waals surface area (Å²) in [5.41, 5.74) is 1.11. The predicted molar refractivity (Wildman–Crippen MR) is 69.2 cm³/mol. The number of hydrogen-bond donors (Lipinski definition) is 0. The first kappa shape index (κ1) is 14.0. The van der Waals surface area contributed by atoms with Crippen LogP contribution >= 0.6 is 0 Å². The Hall–Kier alpha value is -2.02. The van der Waals surface area contributed by atoms with E-state index in [1.165, 1.54) is 0 Å². The zero-order chi connectivity index (χ0) is 13.4. The Balaban J connectivity index is 2.39. The molecule has 4 nitrogen and oxygen atoms in total. The molecule has 0 fully saturated rings. The highest BCUT2D eigenvalue weighted by Gasteiger charge is 2.08. The van der Waals surface area contributed by atoms with Gasteiger partial charge in [0.25, 0.3) is 0 Å². The van der Waals surface area contributed by atoms with Crippen molar-refractivity contribution in [3.05, 3.63) is 29.8 Å². The van der Waals surface area contributed by atoms with Crippen LogP contribution in [-0.2, 0) is 11.2 Å². The molecule has 0 bridgehead atoms. The molecule has 0 aliphatic rings. The van der Waals surface area contributed by atoms with E-state index in [-0.39, 0.29) is 5.91 Å². The molecule has 0 atom stereocenters. The molecule has 0 aliphatic carbocycles. The SMILES string of the molecule is COc1ccc(CCC(=O)N(C)CCC#N)cc1. The lowest BCUT2D eigenvalue weighted by molar-refractivity contribution is -0.129. The largest absolute Gasteiger partial charge is 0.497 e. The van der Waals surface area contributed by atoms with Gasteiger partial charge in [0, 0.05) is 20.0 Å². The first-order valence-corrected chi connectivity index (χ1v) is 5.91. The fourth-order valence-corrected chi connectivity index (χ4v) is 1.58. The number of nitriles is 1. The van der Waals surface area contributed by atoms with Gasteiger partial charge in [-0.2, -0.15) is 5.26 Å². The molecular weight excluding hydrogens is 228 g/mol. The first-order chi connectivity index (χ1) is 8.67. The van der Waals surface area contributed by atoms with E-state index >= 15 is 0 Å². The summed E-state index contributed by atoms with van der Waals surface area (Å²) in [6, 6.07) is 9.73. The molecular formula is C14H18N2O2. The first-order valence-electron chi connectivity index (χ1n) is 5.91. The average molecular weight is 246 g/mol. The van der Waals surface area contributed by atoms with E-state index in [2.05, 4.69) is 0 Å². The fourth-order valence-electron chi connectivity index (χ4n) is 1.58. The minimum absolute atomic E-state index is 0.0704. The predicted octanol–water partition coefficient (Wildman–Crippen LogP) is 2.00. The van der Waals surface area contributed by atoms with E-state index in [0.29, 0.717) is 25.8 Å². The molecule has 0 unspecified atom stereocenters. The summed E-state index contributed by atoms with van der Waals surface area (Å²) in [4.78, 5) is 13.3. The van der Waals surface area contributed by atoms with Crippen molar-refractivity contribution in [1.29, 1.82) is 5.26 Å². The molecule has 18 heavy (non-hydrogen) atoms. The van der Waals surface area contributed by atoms with Crippen LogP contribution in [0.15, 0.2) is 24.3 Å². The van der Waals surface area contributed by atoms with E-state index < -0.39 is 0 Å². The number of hydrogen-bond acceptors (Lipinski definition) is 3. The Labute approximate surface area is 108 Å². The zero-order valence-corrected chi connectivity index (χ0v) is 10.8. The van der Waals surface area contributed by atoms with Crippen LogP contribution in [0.5, 0.6) is 5.75 Å². The fraction of sp³-hybridized carbons (Fsp3) is 0.429. The molecule has 0 saturated heterocycles. The lowest BCUT2D eigenvalue weighted by atomic mass is 10.1. The smallest absolute Gasteiger partial charge is 0.222 e. The number of ether oxygens (including phenoxy) is 1. The normalized spacial score (nSPS) is 9.61. The minimum atomic E-state index is 0.0704. The monoisotopic (exact) mass is 246 g/mol. The van der Waals surface area contributed by atoms with Gasteiger partial charge >= 0.3 is 0 Å². The molecule has 0 N–H and O–H groups in total. The van der Waals surface area contributed by atoms with Gasteiger partial charge in [0.05, 0.1) is 19.6 Å². The van der Waals surface area contributed by atoms with Gasteiger partial charge in [0.15, 0.2) is 0 Å². The standard InChI is InChI=1S/C14H18N2O2/c1-16(11-3-10-15)14(17)9-6-12-4-7-13(18-2)8-5-12/h4-5,7-8H,3,6,9,11H2,1-2H3. The second-order valence-electron chi connectivity index (χ2n) is 4.07. The Morgan fingerprint density at radius 1 is 1.39 bits per heavy atom. The van der Waals surface area contributed by atoms with E-state index in [1.54, 1.807) is 19.1 Å². The summed E-state index contributed by atoms with van der Waals surface area (Å²) in [5.74, 6) is 0.886. The molecule has 0 heterocycles. The summed E-state index contributed by atoms with van der Waals surface area (Å²) in [6.07, 6.45) is 1.55. The number of carbonyl (C=O) groups is 1. The molecule has 0 saturated carbocycles. The summed E-state index contributed by atoms with van der Waals surface area (Å²) >= 11 is 0. The zero-order valence-electron chi connectivity index (χ0n) is 10.8. The molecule has 0 spiro atoms. The Morgan fingerprint density at radius 3 is 2.61 bits per heavy atom. The number of methoxy groups -OCH3 is 1. The van der Waals surface area contributed by atoms with Crippen LogP contribution in [0.1, 0.15) is 18.4 Å². The molecule has 0 aliphatic heterocycles. The highest BCUT2D eigenvalue weighted by Crippen LogP contribution is 2.12. The van der Waals surface area contributed by atoms with Gasteiger partial charge in [0.2, 0.25) is 5.91 Å². The van der Waals surface area contributed by atoms with Gasteiger partial charge in [-0.1, -0.05) is 12.1 Å². The summed E-state index contributed by atoms with van der Waals surface area (Å²) < 4.78 is 5.07. The maximum atomic E-state index is 11.7. The molecule has 1 aromatic carbocycles. The second kappa shape index (κ2) is 7.33. The van der Waals surface area contributed by atoms with Gasteiger partial charge in [-0.05, 0) is 24.1 Å². The van der Waals surface area contributed by atoms with Crippen molar-refractivity contribution in [2.45, 2.75) is 19.3 Å². The number of amides is 1. The third-order valence-electron chi connectivity index (χ3n) is 2.77.